The number of rotatable bonds is 7. The van der Waals surface area contributed by atoms with E-state index in [2.05, 4.69) is 9.97 Å². The van der Waals surface area contributed by atoms with Crippen molar-refractivity contribution in [1.29, 1.82) is 0 Å². The summed E-state index contributed by atoms with van der Waals surface area (Å²) < 4.78 is 18.6. The summed E-state index contributed by atoms with van der Waals surface area (Å²) in [5, 5.41) is 0.753. The van der Waals surface area contributed by atoms with Gasteiger partial charge in [-0.25, -0.2) is 9.37 Å². The molecule has 0 amide bonds. The Morgan fingerprint density at radius 1 is 1.32 bits per heavy atom. The zero-order valence-corrected chi connectivity index (χ0v) is 16.8. The van der Waals surface area contributed by atoms with Gasteiger partial charge in [0.1, 0.15) is 23.1 Å². The van der Waals surface area contributed by atoms with Crippen LogP contribution in [0.2, 0.25) is 0 Å². The number of benzene rings is 1. The van der Waals surface area contributed by atoms with Crippen molar-refractivity contribution in [2.75, 3.05) is 5.75 Å². The van der Waals surface area contributed by atoms with Crippen LogP contribution in [0.15, 0.2) is 29.1 Å². The van der Waals surface area contributed by atoms with Crippen molar-refractivity contribution >= 4 is 39.3 Å². The van der Waals surface area contributed by atoms with Gasteiger partial charge in [0.05, 0.1) is 17.6 Å². The topological polar surface area (TPSA) is 72.0 Å². The number of hydrogen-bond donors (Lipinski definition) is 1. The summed E-state index contributed by atoms with van der Waals surface area (Å²) in [7, 11) is 0. The van der Waals surface area contributed by atoms with Crippen LogP contribution in [-0.2, 0) is 34.7 Å². The largest absolute Gasteiger partial charge is 0.461 e. The number of hydrogen-bond acceptors (Lipinski definition) is 6. The third-order valence-electron chi connectivity index (χ3n) is 4.66. The number of aryl methyl sites for hydroxylation is 2. The third-order valence-corrected chi connectivity index (χ3v) is 6.82. The van der Waals surface area contributed by atoms with Gasteiger partial charge in [-0.3, -0.25) is 9.59 Å². The van der Waals surface area contributed by atoms with Crippen LogP contribution in [0.3, 0.4) is 0 Å². The van der Waals surface area contributed by atoms with Gasteiger partial charge in [-0.1, -0.05) is 18.2 Å². The van der Waals surface area contributed by atoms with Crippen LogP contribution in [0.25, 0.3) is 10.2 Å². The maximum Gasteiger partial charge on any atom is 0.306 e. The second kappa shape index (κ2) is 8.45. The Bertz CT molecular complexity index is 1080. The number of esters is 1. The summed E-state index contributed by atoms with van der Waals surface area (Å²) in [6.07, 6.45) is 3.33. The fourth-order valence-electron chi connectivity index (χ4n) is 3.29. The summed E-state index contributed by atoms with van der Waals surface area (Å²) in [4.78, 5) is 33.8. The van der Waals surface area contributed by atoms with Crippen molar-refractivity contribution in [2.45, 2.75) is 38.0 Å². The van der Waals surface area contributed by atoms with Crippen molar-refractivity contribution < 1.29 is 13.9 Å². The normalized spacial score (nSPS) is 13.0. The molecule has 1 aliphatic carbocycles. The Hall–Kier alpha value is -2.19. The first-order valence-corrected chi connectivity index (χ1v) is 11.1. The van der Waals surface area contributed by atoms with Crippen LogP contribution in [0.1, 0.15) is 34.7 Å². The molecule has 3 aromatic rings. The third kappa shape index (κ3) is 4.12. The maximum absolute atomic E-state index is 13.5. The first kappa shape index (κ1) is 19.1. The van der Waals surface area contributed by atoms with Crippen LogP contribution in [0, 0.1) is 5.82 Å². The zero-order valence-electron chi connectivity index (χ0n) is 15.1. The summed E-state index contributed by atoms with van der Waals surface area (Å²) in [6.45, 7) is -0.0647. The molecule has 2 aromatic heterocycles. The molecule has 4 rings (SSSR count). The summed E-state index contributed by atoms with van der Waals surface area (Å²) >= 11 is 3.12. The van der Waals surface area contributed by atoms with Crippen LogP contribution in [0.4, 0.5) is 4.39 Å². The molecule has 0 atom stereocenters. The highest BCUT2D eigenvalue weighted by molar-refractivity contribution is 7.98. The van der Waals surface area contributed by atoms with E-state index < -0.39 is 0 Å². The number of thiophene rings is 1. The highest BCUT2D eigenvalue weighted by Gasteiger charge is 2.21. The Balaban J connectivity index is 1.27. The second-order valence-electron chi connectivity index (χ2n) is 6.60. The van der Waals surface area contributed by atoms with Crippen molar-refractivity contribution in [3.63, 3.8) is 0 Å². The quantitative estimate of drug-likeness (QED) is 0.464. The Morgan fingerprint density at radius 2 is 2.18 bits per heavy atom. The number of thioether (sulfide) groups is 1. The summed E-state index contributed by atoms with van der Waals surface area (Å²) in [6, 6.07) is 6.23. The highest BCUT2D eigenvalue weighted by atomic mass is 32.2. The molecular weight excluding hydrogens is 399 g/mol. The number of H-pyrrole nitrogens is 1. The number of fused-ring (bicyclic) bond motifs is 3. The van der Waals surface area contributed by atoms with E-state index in [1.54, 1.807) is 29.5 Å². The smallest absolute Gasteiger partial charge is 0.306 e. The Labute approximate surface area is 169 Å². The van der Waals surface area contributed by atoms with E-state index in [0.717, 1.165) is 29.5 Å². The SMILES string of the molecule is O=C(CCSCc1nc2sc3c(c2c(=O)[nH]1)CCC3)OCc1ccccc1F. The lowest BCUT2D eigenvalue weighted by molar-refractivity contribution is -0.144. The fraction of sp³-hybridized carbons (Fsp3) is 0.350. The maximum atomic E-state index is 13.5. The molecule has 146 valence electrons. The minimum atomic E-state index is -0.380. The second-order valence-corrected chi connectivity index (χ2v) is 8.79. The number of nitrogens with one attached hydrogen (secondary N) is 1. The molecule has 0 saturated carbocycles. The monoisotopic (exact) mass is 418 g/mol. The van der Waals surface area contributed by atoms with Gasteiger partial charge in [-0.05, 0) is 30.9 Å². The van der Waals surface area contributed by atoms with Crippen LogP contribution < -0.4 is 5.56 Å². The van der Waals surface area contributed by atoms with Crippen molar-refractivity contribution in [3.8, 4) is 0 Å². The number of carbonyl (C=O) groups is 1. The van der Waals surface area contributed by atoms with Gasteiger partial charge in [0.25, 0.3) is 5.56 Å². The van der Waals surface area contributed by atoms with E-state index in [1.165, 1.54) is 28.3 Å². The summed E-state index contributed by atoms with van der Waals surface area (Å²) in [5.74, 6) is 0.937. The van der Waals surface area contributed by atoms with Gasteiger partial charge in [0.2, 0.25) is 0 Å². The Kier molecular flexibility index (Phi) is 5.77. The van der Waals surface area contributed by atoms with Gasteiger partial charge in [0, 0.05) is 16.2 Å². The molecule has 1 aliphatic rings. The van der Waals surface area contributed by atoms with E-state index in [-0.39, 0.29) is 30.4 Å². The van der Waals surface area contributed by atoms with E-state index in [0.29, 0.717) is 22.9 Å². The number of ether oxygens (including phenoxy) is 1. The van der Waals surface area contributed by atoms with E-state index in [9.17, 15) is 14.0 Å². The molecule has 0 aliphatic heterocycles. The van der Waals surface area contributed by atoms with E-state index >= 15 is 0 Å². The molecule has 0 fully saturated rings. The van der Waals surface area contributed by atoms with Gasteiger partial charge in [-0.15, -0.1) is 11.3 Å². The molecule has 5 nitrogen and oxygen atoms in total. The summed E-state index contributed by atoms with van der Waals surface area (Å²) in [5.41, 5.74) is 1.47. The van der Waals surface area contributed by atoms with Gasteiger partial charge < -0.3 is 9.72 Å². The molecule has 2 heterocycles. The molecule has 0 spiro atoms. The molecule has 28 heavy (non-hydrogen) atoms. The molecule has 0 radical (unpaired) electrons. The average Bonchev–Trinajstić information content (AvgIpc) is 3.25. The van der Waals surface area contributed by atoms with Crippen LogP contribution >= 0.6 is 23.1 Å². The van der Waals surface area contributed by atoms with Gasteiger partial charge in [-0.2, -0.15) is 11.8 Å². The lowest BCUT2D eigenvalue weighted by Gasteiger charge is -2.06. The van der Waals surface area contributed by atoms with Crippen molar-refractivity contribution in [3.05, 3.63) is 62.3 Å². The first-order valence-electron chi connectivity index (χ1n) is 9.12. The van der Waals surface area contributed by atoms with Crippen molar-refractivity contribution in [2.24, 2.45) is 0 Å². The molecule has 1 aromatic carbocycles. The molecule has 0 saturated heterocycles. The number of aromatic amines is 1. The molecule has 1 N–H and O–H groups in total. The molecule has 8 heteroatoms. The van der Waals surface area contributed by atoms with Crippen LogP contribution in [0.5, 0.6) is 0 Å². The first-order chi connectivity index (χ1) is 13.6. The minimum Gasteiger partial charge on any atom is -0.461 e. The number of nitrogens with zero attached hydrogens (tertiary/aromatic N) is 1. The number of carbonyl (C=O) groups excluding carboxylic acids is 1. The number of aromatic nitrogens is 2. The Morgan fingerprint density at radius 3 is 3.04 bits per heavy atom. The predicted octanol–water partition coefficient (Wildman–Crippen LogP) is 3.98. The predicted molar refractivity (Wildman–Crippen MR) is 109 cm³/mol. The number of halogens is 1. The average molecular weight is 419 g/mol. The minimum absolute atomic E-state index is 0.0647. The van der Waals surface area contributed by atoms with Gasteiger partial charge in [0.15, 0.2) is 0 Å². The molecular formula is C20H19FN2O3S2. The molecule has 0 unspecified atom stereocenters. The highest BCUT2D eigenvalue weighted by Crippen LogP contribution is 2.34. The van der Waals surface area contributed by atoms with E-state index in [4.69, 9.17) is 4.74 Å². The fourth-order valence-corrected chi connectivity index (χ4v) is 5.35. The lowest BCUT2D eigenvalue weighted by Crippen LogP contribution is -2.11. The van der Waals surface area contributed by atoms with Crippen molar-refractivity contribution in [1.82, 2.24) is 9.97 Å². The van der Waals surface area contributed by atoms with Crippen LogP contribution in [-0.4, -0.2) is 21.7 Å². The standard InChI is InChI=1S/C20H19FN2O3S2/c21-14-6-2-1-4-12(14)10-26-17(24)8-9-27-11-16-22-19(25)18-13-5-3-7-15(13)28-20(18)23-16/h1-2,4,6H,3,5,7-11H2,(H,22,23,25). The zero-order chi connectivity index (χ0) is 19.5. The molecule has 0 bridgehead atoms. The lowest BCUT2D eigenvalue weighted by atomic mass is 10.2. The van der Waals surface area contributed by atoms with Gasteiger partial charge >= 0.3 is 5.97 Å². The van der Waals surface area contributed by atoms with E-state index in [1.807, 2.05) is 0 Å².